The van der Waals surface area contributed by atoms with E-state index in [4.69, 9.17) is 0 Å². The average molecular weight is 203 g/mol. The summed E-state index contributed by atoms with van der Waals surface area (Å²) in [5.74, 6) is 0.640. The number of benzene rings is 1. The van der Waals surface area contributed by atoms with E-state index in [1.165, 1.54) is 5.56 Å². The normalized spacial score (nSPS) is 10.2. The van der Waals surface area contributed by atoms with Gasteiger partial charge >= 0.3 is 0 Å². The highest BCUT2D eigenvalue weighted by atomic mass is 15.5. The number of aromatic amines is 1. The lowest BCUT2D eigenvalue weighted by Gasteiger charge is -2.17. The predicted molar refractivity (Wildman–Crippen MR) is 57.3 cm³/mol. The van der Waals surface area contributed by atoms with Gasteiger partial charge in [-0.25, -0.2) is 0 Å². The Bertz CT molecular complexity index is 383. The van der Waals surface area contributed by atoms with Gasteiger partial charge in [0.05, 0.1) is 0 Å². The third kappa shape index (κ3) is 2.31. The van der Waals surface area contributed by atoms with Crippen LogP contribution in [0.1, 0.15) is 12.5 Å². The van der Waals surface area contributed by atoms with Crippen molar-refractivity contribution in [3.8, 4) is 0 Å². The van der Waals surface area contributed by atoms with Crippen molar-refractivity contribution in [2.75, 3.05) is 11.4 Å². The molecule has 0 radical (unpaired) electrons. The van der Waals surface area contributed by atoms with Gasteiger partial charge in [-0.3, -0.25) is 0 Å². The maximum atomic E-state index is 3.96. The molecule has 0 bridgehead atoms. The van der Waals surface area contributed by atoms with E-state index >= 15 is 0 Å². The van der Waals surface area contributed by atoms with Crippen LogP contribution in [0.5, 0.6) is 0 Å². The van der Waals surface area contributed by atoms with E-state index < -0.39 is 0 Å². The summed E-state index contributed by atoms with van der Waals surface area (Å²) < 4.78 is 0. The Hall–Kier alpha value is -1.91. The number of nitrogens with zero attached hydrogens (tertiary/aromatic N) is 4. The molecule has 1 aromatic heterocycles. The van der Waals surface area contributed by atoms with Crippen molar-refractivity contribution in [2.24, 2.45) is 0 Å². The van der Waals surface area contributed by atoms with Crippen LogP contribution in [-0.4, -0.2) is 27.2 Å². The molecule has 5 heteroatoms. The summed E-state index contributed by atoms with van der Waals surface area (Å²) in [4.78, 5) is 2.05. The zero-order valence-electron chi connectivity index (χ0n) is 8.59. The Labute approximate surface area is 88.1 Å². The summed E-state index contributed by atoms with van der Waals surface area (Å²) in [6, 6.07) is 10.2. The Morgan fingerprint density at radius 2 is 2.07 bits per heavy atom. The molecule has 15 heavy (non-hydrogen) atoms. The van der Waals surface area contributed by atoms with Crippen molar-refractivity contribution in [2.45, 2.75) is 13.5 Å². The fourth-order valence-electron chi connectivity index (χ4n) is 1.42. The lowest BCUT2D eigenvalue weighted by atomic mass is 10.2. The molecular weight excluding hydrogens is 190 g/mol. The molecule has 0 aliphatic carbocycles. The summed E-state index contributed by atoms with van der Waals surface area (Å²) in [6.07, 6.45) is 0. The van der Waals surface area contributed by atoms with Crippen LogP contribution in [0.15, 0.2) is 30.3 Å². The number of tetrazole rings is 1. The van der Waals surface area contributed by atoms with Crippen LogP contribution in [0.2, 0.25) is 0 Å². The second-order valence-corrected chi connectivity index (χ2v) is 3.21. The molecule has 1 N–H and O–H groups in total. The standard InChI is InChI=1S/C10H13N5/c1-2-15(10-11-13-14-12-10)8-9-6-4-3-5-7-9/h3-7H,2,8H2,1H3,(H,11,12,13,14). The molecule has 2 rings (SSSR count). The first-order chi connectivity index (χ1) is 7.40. The molecule has 0 spiro atoms. The molecule has 0 saturated heterocycles. The minimum Gasteiger partial charge on any atom is -0.334 e. The molecule has 0 unspecified atom stereocenters. The lowest BCUT2D eigenvalue weighted by molar-refractivity contribution is 0.794. The number of aromatic nitrogens is 4. The van der Waals surface area contributed by atoms with E-state index in [2.05, 4.69) is 44.6 Å². The van der Waals surface area contributed by atoms with Gasteiger partial charge in [0.25, 0.3) is 5.95 Å². The first-order valence-corrected chi connectivity index (χ1v) is 4.92. The minimum absolute atomic E-state index is 0.640. The largest absolute Gasteiger partial charge is 0.334 e. The van der Waals surface area contributed by atoms with Crippen LogP contribution in [0.25, 0.3) is 0 Å². The summed E-state index contributed by atoms with van der Waals surface area (Å²) in [6.45, 7) is 3.73. The molecule has 0 aliphatic rings. The van der Waals surface area contributed by atoms with Gasteiger partial charge in [0.2, 0.25) is 0 Å². The molecule has 0 fully saturated rings. The van der Waals surface area contributed by atoms with Gasteiger partial charge in [-0.15, -0.1) is 5.10 Å². The van der Waals surface area contributed by atoms with Crippen molar-refractivity contribution in [3.63, 3.8) is 0 Å². The second-order valence-electron chi connectivity index (χ2n) is 3.21. The van der Waals surface area contributed by atoms with Gasteiger partial charge in [-0.2, -0.15) is 5.21 Å². The van der Waals surface area contributed by atoms with Gasteiger partial charge in [-0.05, 0) is 17.7 Å². The Balaban J connectivity index is 2.10. The second kappa shape index (κ2) is 4.54. The molecule has 0 saturated carbocycles. The number of hydrogen-bond acceptors (Lipinski definition) is 4. The molecule has 2 aromatic rings. The number of anilines is 1. The SMILES string of the molecule is CCN(Cc1ccccc1)c1nn[nH]n1. The number of H-pyrrole nitrogens is 1. The fourth-order valence-corrected chi connectivity index (χ4v) is 1.42. The third-order valence-corrected chi connectivity index (χ3v) is 2.21. The topological polar surface area (TPSA) is 57.7 Å². The zero-order chi connectivity index (χ0) is 10.5. The minimum atomic E-state index is 0.640. The summed E-state index contributed by atoms with van der Waals surface area (Å²) in [5.41, 5.74) is 1.24. The Morgan fingerprint density at radius 1 is 1.27 bits per heavy atom. The van der Waals surface area contributed by atoms with Crippen LogP contribution in [0.3, 0.4) is 0 Å². The number of hydrogen-bond donors (Lipinski definition) is 1. The van der Waals surface area contributed by atoms with Crippen LogP contribution in [0, 0.1) is 0 Å². The van der Waals surface area contributed by atoms with Gasteiger partial charge in [-0.1, -0.05) is 35.4 Å². The van der Waals surface area contributed by atoms with Crippen LogP contribution in [0.4, 0.5) is 5.95 Å². The maximum Gasteiger partial charge on any atom is 0.266 e. The van der Waals surface area contributed by atoms with Crippen molar-refractivity contribution < 1.29 is 0 Å². The van der Waals surface area contributed by atoms with Gasteiger partial charge < -0.3 is 4.90 Å². The number of nitrogens with one attached hydrogen (secondary N) is 1. The van der Waals surface area contributed by atoms with Crippen LogP contribution < -0.4 is 4.90 Å². The van der Waals surface area contributed by atoms with E-state index in [1.54, 1.807) is 0 Å². The molecule has 0 aliphatic heterocycles. The quantitative estimate of drug-likeness (QED) is 0.811. The van der Waals surface area contributed by atoms with Gasteiger partial charge in [0.1, 0.15) is 0 Å². The first kappa shape index (κ1) is 9.64. The van der Waals surface area contributed by atoms with E-state index in [9.17, 15) is 0 Å². The Morgan fingerprint density at radius 3 is 2.67 bits per heavy atom. The highest BCUT2D eigenvalue weighted by molar-refractivity contribution is 5.29. The van der Waals surface area contributed by atoms with E-state index in [1.807, 2.05) is 18.2 Å². The van der Waals surface area contributed by atoms with E-state index in [0.717, 1.165) is 13.1 Å². The summed E-state index contributed by atoms with van der Waals surface area (Å²) in [7, 11) is 0. The highest BCUT2D eigenvalue weighted by Crippen LogP contribution is 2.09. The van der Waals surface area contributed by atoms with Crippen molar-refractivity contribution >= 4 is 5.95 Å². The molecule has 1 aromatic carbocycles. The molecule has 1 heterocycles. The molecule has 0 atom stereocenters. The van der Waals surface area contributed by atoms with E-state index in [0.29, 0.717) is 5.95 Å². The van der Waals surface area contributed by atoms with Crippen molar-refractivity contribution in [1.82, 2.24) is 20.6 Å². The van der Waals surface area contributed by atoms with Crippen molar-refractivity contribution in [3.05, 3.63) is 35.9 Å². The maximum absolute atomic E-state index is 3.96. The average Bonchev–Trinajstić information content (AvgIpc) is 2.81. The monoisotopic (exact) mass is 203 g/mol. The molecule has 5 nitrogen and oxygen atoms in total. The summed E-state index contributed by atoms with van der Waals surface area (Å²) >= 11 is 0. The van der Waals surface area contributed by atoms with Crippen molar-refractivity contribution in [1.29, 1.82) is 0 Å². The summed E-state index contributed by atoms with van der Waals surface area (Å²) in [5, 5.41) is 13.9. The third-order valence-electron chi connectivity index (χ3n) is 2.21. The van der Waals surface area contributed by atoms with Crippen LogP contribution in [-0.2, 0) is 6.54 Å². The van der Waals surface area contributed by atoms with Gasteiger partial charge in [0, 0.05) is 13.1 Å². The molecule has 0 amide bonds. The highest BCUT2D eigenvalue weighted by Gasteiger charge is 2.08. The fraction of sp³-hybridized carbons (Fsp3) is 0.300. The Kier molecular flexibility index (Phi) is 2.92. The zero-order valence-corrected chi connectivity index (χ0v) is 8.59. The lowest BCUT2D eigenvalue weighted by Crippen LogP contribution is -2.23. The number of rotatable bonds is 4. The van der Waals surface area contributed by atoms with Crippen LogP contribution >= 0.6 is 0 Å². The molecule has 78 valence electrons. The van der Waals surface area contributed by atoms with Gasteiger partial charge in [0.15, 0.2) is 0 Å². The smallest absolute Gasteiger partial charge is 0.266 e. The molecular formula is C10H13N5. The van der Waals surface area contributed by atoms with E-state index in [-0.39, 0.29) is 0 Å². The predicted octanol–water partition coefficient (Wildman–Crippen LogP) is 1.23. The first-order valence-electron chi connectivity index (χ1n) is 4.92.